The molecule has 2 rings (SSSR count). The van der Waals surface area contributed by atoms with Gasteiger partial charge < -0.3 is 20.1 Å². The van der Waals surface area contributed by atoms with Gasteiger partial charge in [0.05, 0.1) is 25.5 Å². The highest BCUT2D eigenvalue weighted by atomic mass is 32.2. The molecule has 0 bridgehead atoms. The van der Waals surface area contributed by atoms with Crippen molar-refractivity contribution in [2.45, 2.75) is 31.2 Å². The number of primary sulfonamides is 1. The van der Waals surface area contributed by atoms with E-state index >= 15 is 0 Å². The van der Waals surface area contributed by atoms with Crippen LogP contribution < -0.4 is 25.2 Å². The minimum Gasteiger partial charge on any atom is -0.493 e. The first kappa shape index (κ1) is 23.2. The van der Waals surface area contributed by atoms with Gasteiger partial charge in [-0.2, -0.15) is 0 Å². The number of nitrogens with two attached hydrogens (primary N) is 1. The molecule has 0 aliphatic heterocycles. The monoisotopic (exact) mass is 435 g/mol. The summed E-state index contributed by atoms with van der Waals surface area (Å²) in [6, 6.07) is 8.43. The lowest BCUT2D eigenvalue weighted by atomic mass is 10.1. The summed E-state index contributed by atoms with van der Waals surface area (Å²) in [6.07, 6.45) is 0.0396. The molecule has 1 atom stereocenters. The molecule has 30 heavy (non-hydrogen) atoms. The van der Waals surface area contributed by atoms with Crippen molar-refractivity contribution in [2.24, 2.45) is 5.14 Å². The highest BCUT2D eigenvalue weighted by molar-refractivity contribution is 7.89. The summed E-state index contributed by atoms with van der Waals surface area (Å²) in [7, 11) is -0.883. The summed E-state index contributed by atoms with van der Waals surface area (Å²) in [5.41, 5.74) is 1.64. The van der Waals surface area contributed by atoms with Gasteiger partial charge in [-0.1, -0.05) is 12.1 Å². The van der Waals surface area contributed by atoms with E-state index in [0.29, 0.717) is 28.3 Å². The first-order valence-electron chi connectivity index (χ1n) is 8.99. The predicted octanol–water partition coefficient (Wildman–Crippen LogP) is 1.35. The Morgan fingerprint density at radius 1 is 1.07 bits per heavy atom. The van der Waals surface area contributed by atoms with E-state index in [2.05, 4.69) is 10.6 Å². The lowest BCUT2D eigenvalue weighted by molar-refractivity contribution is -0.125. The standard InChI is InChI=1S/C20H25N3O6S/c1-12-5-7-15(30(21,26)27)11-16(12)23-20(25)13(2)22-19(24)10-14-6-8-17(28-3)18(9-14)29-4/h5-9,11,13H,10H2,1-4H3,(H,22,24)(H,23,25)(H2,21,26,27). The second-order valence-corrected chi connectivity index (χ2v) is 8.23. The zero-order valence-electron chi connectivity index (χ0n) is 17.2. The molecule has 0 heterocycles. The van der Waals surface area contributed by atoms with Crippen LogP contribution in [0.4, 0.5) is 5.69 Å². The number of hydrogen-bond donors (Lipinski definition) is 3. The molecule has 0 aliphatic rings. The molecule has 2 aromatic carbocycles. The van der Waals surface area contributed by atoms with E-state index in [1.54, 1.807) is 25.1 Å². The van der Waals surface area contributed by atoms with Crippen molar-refractivity contribution in [3.63, 3.8) is 0 Å². The van der Waals surface area contributed by atoms with Crippen LogP contribution in [-0.4, -0.2) is 40.5 Å². The average Bonchev–Trinajstić information content (AvgIpc) is 2.68. The molecule has 0 spiro atoms. The Bertz CT molecular complexity index is 1050. The second-order valence-electron chi connectivity index (χ2n) is 6.67. The molecule has 0 aromatic heterocycles. The fourth-order valence-corrected chi connectivity index (χ4v) is 3.23. The minimum atomic E-state index is -3.90. The predicted molar refractivity (Wildman–Crippen MR) is 112 cm³/mol. The van der Waals surface area contributed by atoms with Gasteiger partial charge in [-0.3, -0.25) is 9.59 Å². The van der Waals surface area contributed by atoms with Crippen LogP contribution in [0.2, 0.25) is 0 Å². The molecule has 9 nitrogen and oxygen atoms in total. The number of rotatable bonds is 8. The highest BCUT2D eigenvalue weighted by Gasteiger charge is 2.18. The van der Waals surface area contributed by atoms with Crippen molar-refractivity contribution < 1.29 is 27.5 Å². The third-order valence-electron chi connectivity index (χ3n) is 4.38. The quantitative estimate of drug-likeness (QED) is 0.572. The van der Waals surface area contributed by atoms with Crippen LogP contribution in [0.15, 0.2) is 41.3 Å². The fourth-order valence-electron chi connectivity index (χ4n) is 2.69. The van der Waals surface area contributed by atoms with E-state index in [9.17, 15) is 18.0 Å². The van der Waals surface area contributed by atoms with E-state index < -0.39 is 22.0 Å². The Hall–Kier alpha value is -3.11. The van der Waals surface area contributed by atoms with E-state index in [-0.39, 0.29) is 17.2 Å². The lowest BCUT2D eigenvalue weighted by Gasteiger charge is -2.16. The summed E-state index contributed by atoms with van der Waals surface area (Å²) in [6.45, 7) is 3.24. The Balaban J connectivity index is 2.03. The minimum absolute atomic E-state index is 0.0396. The highest BCUT2D eigenvalue weighted by Crippen LogP contribution is 2.27. The largest absolute Gasteiger partial charge is 0.493 e. The molecular weight excluding hydrogens is 410 g/mol. The maximum Gasteiger partial charge on any atom is 0.246 e. The summed E-state index contributed by atoms with van der Waals surface area (Å²) in [4.78, 5) is 24.7. The van der Waals surface area contributed by atoms with Crippen LogP contribution >= 0.6 is 0 Å². The van der Waals surface area contributed by atoms with Crippen molar-refractivity contribution in [3.05, 3.63) is 47.5 Å². The van der Waals surface area contributed by atoms with Gasteiger partial charge >= 0.3 is 0 Å². The maximum atomic E-state index is 12.5. The number of nitrogens with one attached hydrogen (secondary N) is 2. The van der Waals surface area contributed by atoms with Gasteiger partial charge in [0.25, 0.3) is 0 Å². The molecule has 2 aromatic rings. The van der Waals surface area contributed by atoms with E-state index in [0.717, 1.165) is 0 Å². The number of aryl methyl sites for hydroxylation is 1. The van der Waals surface area contributed by atoms with Crippen LogP contribution in [0.5, 0.6) is 11.5 Å². The molecule has 0 radical (unpaired) electrons. The van der Waals surface area contributed by atoms with E-state index in [1.807, 2.05) is 0 Å². The molecule has 0 saturated heterocycles. The summed E-state index contributed by atoms with van der Waals surface area (Å²) in [5.74, 6) is 0.190. The molecule has 1 unspecified atom stereocenters. The number of benzene rings is 2. The SMILES string of the molecule is COc1ccc(CC(=O)NC(C)C(=O)Nc2cc(S(N)(=O)=O)ccc2C)cc1OC. The first-order chi connectivity index (χ1) is 14.0. The first-order valence-corrected chi connectivity index (χ1v) is 10.5. The number of carbonyl (C=O) groups excluding carboxylic acids is 2. The van der Waals surface area contributed by atoms with Gasteiger partial charge in [-0.15, -0.1) is 0 Å². The number of anilines is 1. The zero-order valence-corrected chi connectivity index (χ0v) is 18.0. The number of sulfonamides is 1. The van der Waals surface area contributed by atoms with Gasteiger partial charge in [0.1, 0.15) is 6.04 Å². The van der Waals surface area contributed by atoms with Crippen LogP contribution in [0, 0.1) is 6.92 Å². The van der Waals surface area contributed by atoms with Gasteiger partial charge in [0, 0.05) is 5.69 Å². The Kier molecular flexibility index (Phi) is 7.41. The molecule has 4 N–H and O–H groups in total. The van der Waals surface area contributed by atoms with Crippen LogP contribution in [0.3, 0.4) is 0 Å². The maximum absolute atomic E-state index is 12.5. The van der Waals surface area contributed by atoms with Crippen LogP contribution in [0.1, 0.15) is 18.1 Å². The van der Waals surface area contributed by atoms with Crippen molar-refractivity contribution in [2.75, 3.05) is 19.5 Å². The lowest BCUT2D eigenvalue weighted by Crippen LogP contribution is -2.42. The fraction of sp³-hybridized carbons (Fsp3) is 0.300. The third kappa shape index (κ3) is 5.94. The van der Waals surface area contributed by atoms with Gasteiger partial charge in [0.15, 0.2) is 11.5 Å². The zero-order chi connectivity index (χ0) is 22.5. The third-order valence-corrected chi connectivity index (χ3v) is 5.29. The van der Waals surface area contributed by atoms with Crippen molar-refractivity contribution in [3.8, 4) is 11.5 Å². The van der Waals surface area contributed by atoms with Crippen molar-refractivity contribution >= 4 is 27.5 Å². The summed E-state index contributed by atoms with van der Waals surface area (Å²) < 4.78 is 33.4. The molecule has 0 saturated carbocycles. The smallest absolute Gasteiger partial charge is 0.246 e. The summed E-state index contributed by atoms with van der Waals surface area (Å²) >= 11 is 0. The van der Waals surface area contributed by atoms with Gasteiger partial charge in [0.2, 0.25) is 21.8 Å². The number of hydrogen-bond acceptors (Lipinski definition) is 6. The van der Waals surface area contributed by atoms with Gasteiger partial charge in [-0.25, -0.2) is 13.6 Å². The van der Waals surface area contributed by atoms with Crippen LogP contribution in [-0.2, 0) is 26.0 Å². The van der Waals surface area contributed by atoms with Gasteiger partial charge in [-0.05, 0) is 49.2 Å². The molecule has 0 aliphatic carbocycles. The molecule has 10 heteroatoms. The molecule has 2 amide bonds. The Morgan fingerprint density at radius 3 is 2.33 bits per heavy atom. The number of ether oxygens (including phenoxy) is 2. The average molecular weight is 436 g/mol. The number of methoxy groups -OCH3 is 2. The topological polar surface area (TPSA) is 137 Å². The molecule has 162 valence electrons. The number of carbonyl (C=O) groups is 2. The number of amides is 2. The summed E-state index contributed by atoms with van der Waals surface area (Å²) in [5, 5.41) is 10.4. The normalized spacial score (nSPS) is 12.0. The Labute approximate surface area is 175 Å². The second kappa shape index (κ2) is 9.59. The van der Waals surface area contributed by atoms with Crippen molar-refractivity contribution in [1.82, 2.24) is 5.32 Å². The van der Waals surface area contributed by atoms with E-state index in [1.165, 1.54) is 39.3 Å². The van der Waals surface area contributed by atoms with Crippen molar-refractivity contribution in [1.29, 1.82) is 0 Å². The Morgan fingerprint density at radius 2 is 1.73 bits per heavy atom. The molecular formula is C20H25N3O6S. The van der Waals surface area contributed by atoms with E-state index in [4.69, 9.17) is 14.6 Å². The van der Waals surface area contributed by atoms with Crippen LogP contribution in [0.25, 0.3) is 0 Å². The molecule has 0 fully saturated rings.